The minimum absolute atomic E-state index is 0.115. The number of benzene rings is 1. The van der Waals surface area contributed by atoms with Crippen molar-refractivity contribution in [3.05, 3.63) is 53.9 Å². The van der Waals surface area contributed by atoms with E-state index in [1.54, 1.807) is 5.32 Å². The van der Waals surface area contributed by atoms with Crippen molar-refractivity contribution in [3.8, 4) is 11.1 Å². The molecule has 2 aromatic rings. The van der Waals surface area contributed by atoms with E-state index in [0.717, 1.165) is 12.3 Å². The van der Waals surface area contributed by atoms with Crippen LogP contribution >= 0.6 is 0 Å². The van der Waals surface area contributed by atoms with Crippen LogP contribution in [0.1, 0.15) is 17.4 Å². The van der Waals surface area contributed by atoms with E-state index >= 15 is 0 Å². The molecule has 0 bridgehead atoms. The summed E-state index contributed by atoms with van der Waals surface area (Å²) in [5.74, 6) is -1.72. The number of sulfone groups is 1. The molecular weight excluding hydrogens is 435 g/mol. The van der Waals surface area contributed by atoms with Crippen molar-refractivity contribution in [3.63, 3.8) is 0 Å². The van der Waals surface area contributed by atoms with E-state index in [1.807, 2.05) is 0 Å². The number of rotatable bonds is 8. The van der Waals surface area contributed by atoms with Crippen LogP contribution in [0.4, 0.5) is 22.0 Å². The molecule has 1 amide bonds. The van der Waals surface area contributed by atoms with Crippen LogP contribution in [0.25, 0.3) is 11.1 Å². The standard InChI is InChI=1S/C18H17F5N2O4S/c1-30(28,29)18(22,23)14-7-6-12(9-24-14)10-2-4-11(5-3-10)15(26)13(8-19)25-17(27)16(20)21/h2-7,9,13,15-16,26H,8H2,1H3,(H,25,27)/t13-,15+/m1/s1. The molecule has 0 saturated heterocycles. The van der Waals surface area contributed by atoms with Crippen molar-refractivity contribution in [2.75, 3.05) is 12.9 Å². The Bertz CT molecular complexity index is 983. The molecule has 30 heavy (non-hydrogen) atoms. The molecular formula is C18H17F5N2O4S. The van der Waals surface area contributed by atoms with Crippen LogP contribution in [0.5, 0.6) is 0 Å². The number of aliphatic hydroxyl groups is 1. The number of hydrogen-bond acceptors (Lipinski definition) is 5. The normalized spacial score (nSPS) is 14.4. The van der Waals surface area contributed by atoms with Gasteiger partial charge in [0.15, 0.2) is 0 Å². The van der Waals surface area contributed by atoms with Gasteiger partial charge < -0.3 is 10.4 Å². The SMILES string of the molecule is CS(=O)(=O)C(F)(F)c1ccc(-c2ccc([C@H](O)[C@@H](CF)NC(=O)C(F)F)cc2)cn1. The molecule has 0 fully saturated rings. The molecule has 6 nitrogen and oxygen atoms in total. The van der Waals surface area contributed by atoms with Crippen molar-refractivity contribution < 1.29 is 40.3 Å². The van der Waals surface area contributed by atoms with Crippen molar-refractivity contribution >= 4 is 15.7 Å². The zero-order valence-corrected chi connectivity index (χ0v) is 16.2. The van der Waals surface area contributed by atoms with Crippen LogP contribution < -0.4 is 5.32 Å². The average molecular weight is 452 g/mol. The van der Waals surface area contributed by atoms with Gasteiger partial charge in [-0.2, -0.15) is 17.6 Å². The molecule has 164 valence electrons. The lowest BCUT2D eigenvalue weighted by molar-refractivity contribution is -0.133. The predicted molar refractivity (Wildman–Crippen MR) is 97.3 cm³/mol. The number of aliphatic hydroxyl groups excluding tert-OH is 1. The molecule has 1 heterocycles. The molecule has 2 atom stereocenters. The van der Waals surface area contributed by atoms with E-state index in [0.29, 0.717) is 17.4 Å². The first-order valence-electron chi connectivity index (χ1n) is 8.35. The van der Waals surface area contributed by atoms with Gasteiger partial charge in [0.2, 0.25) is 9.84 Å². The van der Waals surface area contributed by atoms with Crippen LogP contribution in [0.15, 0.2) is 42.6 Å². The van der Waals surface area contributed by atoms with E-state index in [4.69, 9.17) is 0 Å². The molecule has 1 aromatic carbocycles. The molecule has 0 spiro atoms. The first kappa shape index (κ1) is 23.7. The van der Waals surface area contributed by atoms with Gasteiger partial charge in [0.25, 0.3) is 5.91 Å². The summed E-state index contributed by atoms with van der Waals surface area (Å²) in [4.78, 5) is 14.5. The van der Waals surface area contributed by atoms with Crippen LogP contribution in [0.3, 0.4) is 0 Å². The number of carbonyl (C=O) groups excluding carboxylic acids is 1. The average Bonchev–Trinajstić information content (AvgIpc) is 2.70. The summed E-state index contributed by atoms with van der Waals surface area (Å²) >= 11 is 0. The Labute approximate surface area is 168 Å². The van der Waals surface area contributed by atoms with Crippen molar-refractivity contribution in [2.45, 2.75) is 23.8 Å². The lowest BCUT2D eigenvalue weighted by Gasteiger charge is -2.22. The number of nitrogens with one attached hydrogen (secondary N) is 1. The highest BCUT2D eigenvalue weighted by molar-refractivity contribution is 7.91. The fraction of sp³-hybridized carbons (Fsp3) is 0.333. The van der Waals surface area contributed by atoms with Gasteiger partial charge in [-0.15, -0.1) is 0 Å². The van der Waals surface area contributed by atoms with E-state index in [9.17, 15) is 40.3 Å². The lowest BCUT2D eigenvalue weighted by Crippen LogP contribution is -2.43. The summed E-state index contributed by atoms with van der Waals surface area (Å²) in [6, 6.07) is 6.00. The Morgan fingerprint density at radius 2 is 1.70 bits per heavy atom. The maximum Gasteiger partial charge on any atom is 0.386 e. The van der Waals surface area contributed by atoms with Gasteiger partial charge in [0, 0.05) is 18.0 Å². The van der Waals surface area contributed by atoms with E-state index in [1.165, 1.54) is 30.3 Å². The third kappa shape index (κ3) is 5.11. The summed E-state index contributed by atoms with van der Waals surface area (Å²) in [6.45, 7) is -1.29. The smallest absolute Gasteiger partial charge is 0.386 e. The van der Waals surface area contributed by atoms with Gasteiger partial charge >= 0.3 is 11.7 Å². The number of amides is 1. The Morgan fingerprint density at radius 3 is 2.13 bits per heavy atom. The Balaban J connectivity index is 2.20. The fourth-order valence-electron chi connectivity index (χ4n) is 2.48. The molecule has 2 N–H and O–H groups in total. The number of hydrogen-bond donors (Lipinski definition) is 2. The number of nitrogens with zero attached hydrogens (tertiary/aromatic N) is 1. The van der Waals surface area contributed by atoms with Gasteiger partial charge in [-0.25, -0.2) is 12.8 Å². The molecule has 0 unspecified atom stereocenters. The third-order valence-electron chi connectivity index (χ3n) is 4.19. The van der Waals surface area contributed by atoms with Crippen molar-refractivity contribution in [1.82, 2.24) is 10.3 Å². The van der Waals surface area contributed by atoms with E-state index in [-0.39, 0.29) is 5.56 Å². The number of pyridine rings is 1. The van der Waals surface area contributed by atoms with Crippen molar-refractivity contribution in [2.24, 2.45) is 0 Å². The number of aromatic nitrogens is 1. The molecule has 12 heteroatoms. The Morgan fingerprint density at radius 1 is 1.13 bits per heavy atom. The second-order valence-electron chi connectivity index (χ2n) is 6.36. The first-order valence-corrected chi connectivity index (χ1v) is 10.2. The lowest BCUT2D eigenvalue weighted by atomic mass is 9.99. The summed E-state index contributed by atoms with van der Waals surface area (Å²) in [5, 5.41) is 7.67. The quantitative estimate of drug-likeness (QED) is 0.601. The summed E-state index contributed by atoms with van der Waals surface area (Å²) in [7, 11) is -4.70. The van der Waals surface area contributed by atoms with Gasteiger partial charge in [-0.3, -0.25) is 9.78 Å². The Kier molecular flexibility index (Phi) is 7.14. The highest BCUT2D eigenvalue weighted by Crippen LogP contribution is 2.33. The largest absolute Gasteiger partial charge is 0.386 e. The van der Waals surface area contributed by atoms with E-state index < -0.39 is 51.9 Å². The summed E-state index contributed by atoms with van der Waals surface area (Å²) in [5.41, 5.74) is -0.0382. The van der Waals surface area contributed by atoms with Crippen LogP contribution in [-0.2, 0) is 19.9 Å². The third-order valence-corrected chi connectivity index (χ3v) is 5.33. The molecule has 2 rings (SSSR count). The molecule has 0 aliphatic carbocycles. The molecule has 0 aliphatic rings. The topological polar surface area (TPSA) is 96.4 Å². The van der Waals surface area contributed by atoms with Gasteiger partial charge in [0.1, 0.15) is 18.5 Å². The van der Waals surface area contributed by atoms with Gasteiger partial charge in [0.05, 0.1) is 6.04 Å². The van der Waals surface area contributed by atoms with Gasteiger partial charge in [-0.05, 0) is 17.2 Å². The molecule has 1 aromatic heterocycles. The molecule has 0 saturated carbocycles. The van der Waals surface area contributed by atoms with Crippen LogP contribution in [0.2, 0.25) is 0 Å². The molecule has 0 radical (unpaired) electrons. The van der Waals surface area contributed by atoms with Crippen LogP contribution in [-0.4, -0.2) is 49.8 Å². The molecule has 0 aliphatic heterocycles. The van der Waals surface area contributed by atoms with Crippen LogP contribution in [0, 0.1) is 0 Å². The fourth-order valence-corrected chi connectivity index (χ4v) is 2.98. The highest BCUT2D eigenvalue weighted by atomic mass is 32.2. The summed E-state index contributed by atoms with van der Waals surface area (Å²) < 4.78 is 87.6. The highest BCUT2D eigenvalue weighted by Gasteiger charge is 2.44. The minimum Gasteiger partial charge on any atom is -0.386 e. The maximum atomic E-state index is 13.8. The predicted octanol–water partition coefficient (Wildman–Crippen LogP) is 2.60. The Hall–Kier alpha value is -2.60. The summed E-state index contributed by atoms with van der Waals surface area (Å²) in [6.07, 6.45) is -3.55. The number of halogens is 5. The zero-order valence-electron chi connectivity index (χ0n) is 15.4. The maximum absolute atomic E-state index is 13.8. The van der Waals surface area contributed by atoms with E-state index in [2.05, 4.69) is 4.98 Å². The monoisotopic (exact) mass is 452 g/mol. The first-order chi connectivity index (χ1) is 13.9. The second kappa shape index (κ2) is 9.04. The van der Waals surface area contributed by atoms with Gasteiger partial charge in [-0.1, -0.05) is 30.3 Å². The minimum atomic E-state index is -4.70. The number of carbonyl (C=O) groups is 1. The zero-order chi connectivity index (χ0) is 22.7. The second-order valence-corrected chi connectivity index (χ2v) is 8.42. The van der Waals surface area contributed by atoms with Crippen molar-refractivity contribution in [1.29, 1.82) is 0 Å². The number of alkyl halides is 5.